The fourth-order valence-corrected chi connectivity index (χ4v) is 6.48. The zero-order valence-electron chi connectivity index (χ0n) is 23.5. The van der Waals surface area contributed by atoms with Crippen LogP contribution in [0.3, 0.4) is 0 Å². The van der Waals surface area contributed by atoms with Gasteiger partial charge in [-0.1, -0.05) is 36.4 Å². The third-order valence-corrected chi connectivity index (χ3v) is 11.1. The molecule has 0 radical (unpaired) electrons. The van der Waals surface area contributed by atoms with Gasteiger partial charge in [-0.15, -0.1) is 23.1 Å². The van der Waals surface area contributed by atoms with Gasteiger partial charge in [0.2, 0.25) is 5.01 Å². The van der Waals surface area contributed by atoms with Gasteiger partial charge in [0.15, 0.2) is 9.84 Å². The molecule has 5 aromatic rings. The van der Waals surface area contributed by atoms with E-state index in [0.717, 1.165) is 42.9 Å². The molecule has 0 amide bonds. The van der Waals surface area contributed by atoms with Crippen molar-refractivity contribution in [1.29, 1.82) is 0 Å². The van der Waals surface area contributed by atoms with E-state index in [1.165, 1.54) is 17.6 Å². The fraction of sp³-hybridized carbons (Fsp3) is 0.219. The van der Waals surface area contributed by atoms with Crippen LogP contribution in [0.15, 0.2) is 83.9 Å². The number of benzene rings is 3. The van der Waals surface area contributed by atoms with Crippen LogP contribution in [0.5, 0.6) is 0 Å². The number of esters is 1. The molecular formula is C32H30N2O4S3. The molecule has 0 bridgehead atoms. The number of hydrogen-bond acceptors (Lipinski definition) is 8. The summed E-state index contributed by atoms with van der Waals surface area (Å²) in [6.45, 7) is 5.48. The fourth-order valence-electron chi connectivity index (χ4n) is 4.54. The number of sulfone groups is 1. The Bertz CT molecular complexity index is 1860. The molecule has 9 heteroatoms. The lowest BCUT2D eigenvalue weighted by Gasteiger charge is -2.24. The van der Waals surface area contributed by atoms with Crippen molar-refractivity contribution in [2.45, 2.75) is 30.4 Å². The molecular weight excluding hydrogens is 573 g/mol. The molecule has 2 aromatic heterocycles. The largest absolute Gasteiger partial charge is 0.461 e. The molecule has 0 N–H and O–H groups in total. The van der Waals surface area contributed by atoms with Crippen molar-refractivity contribution in [2.75, 3.05) is 19.1 Å². The number of carbonyl (C=O) groups excluding carboxylic acids is 1. The van der Waals surface area contributed by atoms with Crippen molar-refractivity contribution < 1.29 is 17.9 Å². The predicted molar refractivity (Wildman–Crippen MR) is 169 cm³/mol. The van der Waals surface area contributed by atoms with E-state index in [1.807, 2.05) is 66.9 Å². The van der Waals surface area contributed by atoms with Crippen molar-refractivity contribution in [3.8, 4) is 32.8 Å². The number of fused-ring (bicyclic) bond motifs is 1. The third kappa shape index (κ3) is 5.66. The molecule has 3 aromatic carbocycles. The quantitative estimate of drug-likeness (QED) is 0.132. The van der Waals surface area contributed by atoms with Gasteiger partial charge in [0, 0.05) is 33.9 Å². The summed E-state index contributed by atoms with van der Waals surface area (Å²) in [5.74, 6) is -0.451. The first kappa shape index (κ1) is 29.0. The molecule has 0 aliphatic rings. The van der Waals surface area contributed by atoms with E-state index >= 15 is 0 Å². The van der Waals surface area contributed by atoms with Gasteiger partial charge in [0.25, 0.3) is 0 Å². The van der Waals surface area contributed by atoms with E-state index in [4.69, 9.17) is 9.72 Å². The zero-order chi connectivity index (χ0) is 29.4. The van der Waals surface area contributed by atoms with Crippen LogP contribution in [0.2, 0.25) is 0 Å². The van der Waals surface area contributed by atoms with E-state index in [1.54, 1.807) is 38.7 Å². The molecule has 210 valence electrons. The normalized spacial score (nSPS) is 12.0. The molecule has 0 aliphatic carbocycles. The van der Waals surface area contributed by atoms with Crippen LogP contribution in [0.25, 0.3) is 43.7 Å². The molecule has 0 atom stereocenters. The minimum Gasteiger partial charge on any atom is -0.461 e. The number of ether oxygens (including phenoxy) is 1. The molecule has 0 saturated heterocycles. The minimum atomic E-state index is -3.40. The van der Waals surface area contributed by atoms with E-state index < -0.39 is 20.6 Å². The van der Waals surface area contributed by atoms with Crippen molar-refractivity contribution in [1.82, 2.24) is 9.97 Å². The molecule has 41 heavy (non-hydrogen) atoms. The van der Waals surface area contributed by atoms with Crippen LogP contribution in [-0.2, 0) is 19.3 Å². The van der Waals surface area contributed by atoms with E-state index in [0.29, 0.717) is 16.3 Å². The van der Waals surface area contributed by atoms with Crippen LogP contribution >= 0.6 is 23.1 Å². The smallest absolute Gasteiger partial charge is 0.367 e. The van der Waals surface area contributed by atoms with Gasteiger partial charge in [-0.25, -0.2) is 18.2 Å². The molecule has 2 heterocycles. The SMILES string of the molecule is CCOC(=O)c1nc(-c2cccc(-c3cc(C(C)(C)S(C)(=O)=O)cc4cccnc34)c2)c(-c2ccc(SC)cc2)s1. The van der Waals surface area contributed by atoms with Crippen LogP contribution in [0, 0.1) is 0 Å². The van der Waals surface area contributed by atoms with Gasteiger partial charge >= 0.3 is 5.97 Å². The summed E-state index contributed by atoms with van der Waals surface area (Å²) in [4.78, 5) is 24.1. The Hall–Kier alpha value is -3.53. The third-order valence-electron chi connectivity index (χ3n) is 7.20. The number of pyridine rings is 1. The van der Waals surface area contributed by atoms with Gasteiger partial charge in [-0.05, 0) is 80.1 Å². The lowest BCUT2D eigenvalue weighted by atomic mass is 9.92. The highest BCUT2D eigenvalue weighted by Crippen LogP contribution is 2.41. The standard InChI is InChI=1S/C32H30N2O4S3/c1-6-38-31(35)30-34-28(29(40-30)20-12-14-25(39-4)15-13-20)22-10-7-9-21(17-22)26-19-24(32(2,3)41(5,36)37)18-23-11-8-16-33-27(23)26/h7-19H,6H2,1-5H3. The lowest BCUT2D eigenvalue weighted by Crippen LogP contribution is -2.28. The van der Waals surface area contributed by atoms with Crippen LogP contribution in [-0.4, -0.2) is 43.5 Å². The predicted octanol–water partition coefficient (Wildman–Crippen LogP) is 7.87. The molecule has 0 aliphatic heterocycles. The minimum absolute atomic E-state index is 0.265. The summed E-state index contributed by atoms with van der Waals surface area (Å²) in [6, 6.07) is 23.7. The molecule has 5 rings (SSSR count). The van der Waals surface area contributed by atoms with Crippen molar-refractivity contribution >= 4 is 49.8 Å². The number of thiazole rings is 1. The molecule has 0 spiro atoms. The molecule has 0 saturated carbocycles. The van der Waals surface area contributed by atoms with Crippen molar-refractivity contribution in [3.63, 3.8) is 0 Å². The Labute approximate surface area is 248 Å². The Balaban J connectivity index is 1.70. The average molecular weight is 603 g/mol. The molecule has 0 fully saturated rings. The summed E-state index contributed by atoms with van der Waals surface area (Å²) < 4.78 is 29.6. The van der Waals surface area contributed by atoms with Crippen LogP contribution in [0.1, 0.15) is 36.1 Å². The first-order valence-corrected chi connectivity index (χ1v) is 17.0. The number of thioether (sulfide) groups is 1. The second kappa shape index (κ2) is 11.4. The highest BCUT2D eigenvalue weighted by molar-refractivity contribution is 7.98. The first-order chi connectivity index (χ1) is 19.5. The molecule has 0 unspecified atom stereocenters. The van der Waals surface area contributed by atoms with Crippen molar-refractivity contribution in [3.05, 3.63) is 89.6 Å². The second-order valence-electron chi connectivity index (χ2n) is 10.1. The maximum atomic E-state index is 12.7. The highest BCUT2D eigenvalue weighted by Gasteiger charge is 2.33. The van der Waals surface area contributed by atoms with Crippen LogP contribution < -0.4 is 0 Å². The summed E-state index contributed by atoms with van der Waals surface area (Å²) >= 11 is 2.97. The van der Waals surface area contributed by atoms with Gasteiger partial charge in [0.1, 0.15) is 0 Å². The second-order valence-corrected chi connectivity index (χ2v) is 14.6. The average Bonchev–Trinajstić information content (AvgIpc) is 3.42. The highest BCUT2D eigenvalue weighted by atomic mass is 32.2. The Morgan fingerprint density at radius 2 is 1.71 bits per heavy atom. The van der Waals surface area contributed by atoms with Crippen LogP contribution in [0.4, 0.5) is 0 Å². The number of carbonyl (C=O) groups is 1. The topological polar surface area (TPSA) is 86.2 Å². The van der Waals surface area contributed by atoms with Gasteiger partial charge in [-0.3, -0.25) is 4.98 Å². The summed E-state index contributed by atoms with van der Waals surface area (Å²) in [5, 5.41) is 1.15. The number of hydrogen-bond donors (Lipinski definition) is 0. The Morgan fingerprint density at radius 3 is 2.39 bits per heavy atom. The maximum absolute atomic E-state index is 12.7. The number of rotatable bonds is 8. The van der Waals surface area contributed by atoms with E-state index in [9.17, 15) is 13.2 Å². The summed E-state index contributed by atoms with van der Waals surface area (Å²) in [5.41, 5.74) is 5.62. The van der Waals surface area contributed by atoms with E-state index in [-0.39, 0.29) is 6.61 Å². The number of aromatic nitrogens is 2. The number of nitrogens with zero attached hydrogens (tertiary/aromatic N) is 2. The summed E-state index contributed by atoms with van der Waals surface area (Å²) in [6.07, 6.45) is 5.03. The maximum Gasteiger partial charge on any atom is 0.367 e. The van der Waals surface area contributed by atoms with Gasteiger partial charge < -0.3 is 4.74 Å². The lowest BCUT2D eigenvalue weighted by molar-refractivity contribution is 0.0526. The van der Waals surface area contributed by atoms with E-state index in [2.05, 4.69) is 17.1 Å². The zero-order valence-corrected chi connectivity index (χ0v) is 25.9. The van der Waals surface area contributed by atoms with Crippen molar-refractivity contribution in [2.24, 2.45) is 0 Å². The van der Waals surface area contributed by atoms with Gasteiger partial charge in [-0.2, -0.15) is 0 Å². The molecule has 6 nitrogen and oxygen atoms in total. The first-order valence-electron chi connectivity index (χ1n) is 13.1. The van der Waals surface area contributed by atoms with Gasteiger partial charge in [0.05, 0.1) is 27.4 Å². The summed E-state index contributed by atoms with van der Waals surface area (Å²) in [7, 11) is -3.40. The monoisotopic (exact) mass is 602 g/mol. The Kier molecular flexibility index (Phi) is 8.05. The Morgan fingerprint density at radius 1 is 0.976 bits per heavy atom.